The summed E-state index contributed by atoms with van der Waals surface area (Å²) in [4.78, 5) is 25.0. The summed E-state index contributed by atoms with van der Waals surface area (Å²) in [5.74, 6) is -2.44. The molecule has 0 aromatic carbocycles. The van der Waals surface area contributed by atoms with Crippen molar-refractivity contribution in [1.82, 2.24) is 0 Å². The number of Topliss-reactive ketones (excluding diaryl/α,β-unsaturated/α-hetero) is 2. The molecule has 4 fully saturated rings. The zero-order valence-corrected chi connectivity index (χ0v) is 14.1. The second-order valence-electron chi connectivity index (χ2n) is 8.80. The van der Waals surface area contributed by atoms with Gasteiger partial charge in [-0.05, 0) is 36.5 Å². The van der Waals surface area contributed by atoms with Gasteiger partial charge in [0, 0.05) is 5.92 Å². The first kappa shape index (κ1) is 15.7. The lowest BCUT2D eigenvalue weighted by atomic mass is 9.52. The summed E-state index contributed by atoms with van der Waals surface area (Å²) >= 11 is 0. The highest BCUT2D eigenvalue weighted by atomic mass is 16.5. The molecular weight excluding hydrogens is 296 g/mol. The monoisotopic (exact) mass is 322 g/mol. The van der Waals surface area contributed by atoms with E-state index in [0.29, 0.717) is 6.42 Å². The molecule has 5 nitrogen and oxygen atoms in total. The molecule has 1 heterocycles. The Morgan fingerprint density at radius 2 is 1.65 bits per heavy atom. The molecule has 10 atom stereocenters. The van der Waals surface area contributed by atoms with E-state index in [1.165, 1.54) is 0 Å². The Hall–Kier alpha value is -0.780. The lowest BCUT2D eigenvalue weighted by Crippen LogP contribution is -2.59. The van der Waals surface area contributed by atoms with Crippen LogP contribution in [-0.2, 0) is 14.3 Å². The van der Waals surface area contributed by atoms with Gasteiger partial charge in [0.1, 0.15) is 0 Å². The molecule has 0 aromatic rings. The van der Waals surface area contributed by atoms with Crippen molar-refractivity contribution in [3.8, 4) is 0 Å². The van der Waals surface area contributed by atoms with Crippen molar-refractivity contribution in [2.75, 3.05) is 0 Å². The predicted molar refractivity (Wildman–Crippen MR) is 81.4 cm³/mol. The lowest BCUT2D eigenvalue weighted by Gasteiger charge is -2.52. The normalized spacial score (nSPS) is 57.3. The van der Waals surface area contributed by atoms with E-state index in [4.69, 9.17) is 4.74 Å². The molecule has 0 bridgehead atoms. The van der Waals surface area contributed by atoms with Gasteiger partial charge in [-0.2, -0.15) is 0 Å². The van der Waals surface area contributed by atoms with Crippen LogP contribution in [0.1, 0.15) is 34.1 Å². The Labute approximate surface area is 136 Å². The van der Waals surface area contributed by atoms with E-state index in [1.54, 1.807) is 0 Å². The highest BCUT2D eigenvalue weighted by Crippen LogP contribution is 2.61. The largest absolute Gasteiger partial charge is 0.392 e. The average molecular weight is 322 g/mol. The Balaban J connectivity index is 1.85. The van der Waals surface area contributed by atoms with Crippen LogP contribution in [-0.4, -0.2) is 46.2 Å². The maximum atomic E-state index is 12.6. The van der Waals surface area contributed by atoms with Crippen LogP contribution in [0.4, 0.5) is 0 Å². The van der Waals surface area contributed by atoms with E-state index < -0.39 is 35.6 Å². The molecule has 5 heteroatoms. The molecule has 3 aliphatic carbocycles. The fraction of sp³-hybridized carbons (Fsp3) is 0.889. The molecule has 128 valence electrons. The molecule has 0 radical (unpaired) electrons. The van der Waals surface area contributed by atoms with Crippen LogP contribution in [0.2, 0.25) is 0 Å². The van der Waals surface area contributed by atoms with Crippen LogP contribution in [0.3, 0.4) is 0 Å². The number of ketones is 2. The number of fused-ring (bicyclic) bond motifs is 2. The van der Waals surface area contributed by atoms with E-state index in [-0.39, 0.29) is 41.3 Å². The van der Waals surface area contributed by atoms with E-state index in [9.17, 15) is 19.8 Å². The zero-order valence-electron chi connectivity index (χ0n) is 14.1. The predicted octanol–water partition coefficient (Wildman–Crippen LogP) is 0.808. The van der Waals surface area contributed by atoms with E-state index in [2.05, 4.69) is 20.8 Å². The number of carbonyl (C=O) groups is 2. The number of rotatable bonds is 0. The Kier molecular flexibility index (Phi) is 3.18. The van der Waals surface area contributed by atoms with Crippen LogP contribution in [0.15, 0.2) is 0 Å². The van der Waals surface area contributed by atoms with Gasteiger partial charge in [0.2, 0.25) is 11.6 Å². The summed E-state index contributed by atoms with van der Waals surface area (Å²) in [5.41, 5.74) is -0.244. The van der Waals surface area contributed by atoms with Crippen molar-refractivity contribution in [3.63, 3.8) is 0 Å². The molecule has 1 aliphatic heterocycles. The van der Waals surface area contributed by atoms with E-state index >= 15 is 0 Å². The summed E-state index contributed by atoms with van der Waals surface area (Å²) in [6.45, 7) is 8.25. The summed E-state index contributed by atoms with van der Waals surface area (Å²) in [6.07, 6.45) is -1.26. The summed E-state index contributed by atoms with van der Waals surface area (Å²) in [6, 6.07) is 0. The third-order valence-electron chi connectivity index (χ3n) is 7.54. The van der Waals surface area contributed by atoms with Gasteiger partial charge in [0.05, 0.1) is 36.3 Å². The minimum absolute atomic E-state index is 0.00530. The summed E-state index contributed by atoms with van der Waals surface area (Å²) in [5, 5.41) is 21.4. The van der Waals surface area contributed by atoms with Crippen molar-refractivity contribution in [2.45, 2.75) is 58.5 Å². The molecule has 0 spiro atoms. The van der Waals surface area contributed by atoms with Crippen LogP contribution in [0, 0.1) is 40.9 Å². The second kappa shape index (κ2) is 4.64. The standard InChI is InChI=1S/C18H26O5/c1-6-5-8(19)10-11-9(6)17-13(18(3,4)7(2)23-17)14(20)12(11)16(22)15(10)21/h6-14,17,19-20H,5H2,1-4H3/t6?,7-,8?,9?,10?,11?,12?,13?,14?,17?/m0/s1. The van der Waals surface area contributed by atoms with E-state index in [0.717, 1.165) is 0 Å². The van der Waals surface area contributed by atoms with Gasteiger partial charge in [-0.15, -0.1) is 0 Å². The average Bonchev–Trinajstić information content (AvgIpc) is 2.83. The van der Waals surface area contributed by atoms with E-state index in [1.807, 2.05) is 6.92 Å². The van der Waals surface area contributed by atoms with Gasteiger partial charge in [0.25, 0.3) is 0 Å². The molecule has 23 heavy (non-hydrogen) atoms. The highest BCUT2D eigenvalue weighted by Gasteiger charge is 2.70. The minimum atomic E-state index is -0.861. The highest BCUT2D eigenvalue weighted by molar-refractivity contribution is 6.41. The lowest BCUT2D eigenvalue weighted by molar-refractivity contribution is -0.163. The third-order valence-corrected chi connectivity index (χ3v) is 7.54. The number of aliphatic hydroxyl groups excluding tert-OH is 2. The molecule has 3 saturated carbocycles. The van der Waals surface area contributed by atoms with Crippen LogP contribution < -0.4 is 0 Å². The molecule has 4 rings (SSSR count). The number of hydrogen-bond donors (Lipinski definition) is 2. The van der Waals surface area contributed by atoms with Crippen molar-refractivity contribution < 1.29 is 24.5 Å². The Morgan fingerprint density at radius 1 is 1.04 bits per heavy atom. The molecule has 2 N–H and O–H groups in total. The number of ether oxygens (including phenoxy) is 1. The zero-order chi connectivity index (χ0) is 16.8. The molecule has 0 aromatic heterocycles. The van der Waals surface area contributed by atoms with Gasteiger partial charge in [0.15, 0.2) is 0 Å². The third kappa shape index (κ3) is 1.73. The van der Waals surface area contributed by atoms with Crippen LogP contribution in [0.25, 0.3) is 0 Å². The molecule has 4 aliphatic rings. The van der Waals surface area contributed by atoms with Crippen LogP contribution in [0.5, 0.6) is 0 Å². The van der Waals surface area contributed by atoms with Gasteiger partial charge in [-0.3, -0.25) is 9.59 Å². The van der Waals surface area contributed by atoms with Crippen molar-refractivity contribution in [1.29, 1.82) is 0 Å². The smallest absolute Gasteiger partial charge is 0.204 e. The number of hydrogen-bond acceptors (Lipinski definition) is 5. The fourth-order valence-electron chi connectivity index (χ4n) is 6.18. The molecule has 9 unspecified atom stereocenters. The molecular formula is C18H26O5. The minimum Gasteiger partial charge on any atom is -0.392 e. The van der Waals surface area contributed by atoms with Crippen LogP contribution >= 0.6 is 0 Å². The first-order valence-corrected chi connectivity index (χ1v) is 8.77. The van der Waals surface area contributed by atoms with Gasteiger partial charge in [-0.25, -0.2) is 0 Å². The summed E-state index contributed by atoms with van der Waals surface area (Å²) in [7, 11) is 0. The summed E-state index contributed by atoms with van der Waals surface area (Å²) < 4.78 is 6.26. The first-order chi connectivity index (χ1) is 10.7. The topological polar surface area (TPSA) is 83.8 Å². The first-order valence-electron chi connectivity index (χ1n) is 8.77. The SMILES string of the molecule is CC1CC(O)C2C(=O)C(=O)C3C(O)C4C(O[C@@H](C)C4(C)C)C1C23. The fourth-order valence-corrected chi connectivity index (χ4v) is 6.18. The quantitative estimate of drug-likeness (QED) is 0.645. The van der Waals surface area contributed by atoms with Gasteiger partial charge in [-0.1, -0.05) is 20.8 Å². The molecule has 1 saturated heterocycles. The van der Waals surface area contributed by atoms with Crippen molar-refractivity contribution in [2.24, 2.45) is 40.9 Å². The number of carbonyl (C=O) groups excluding carboxylic acids is 2. The van der Waals surface area contributed by atoms with Crippen molar-refractivity contribution in [3.05, 3.63) is 0 Å². The molecule has 0 amide bonds. The Bertz CT molecular complexity index is 570. The maximum Gasteiger partial charge on any atom is 0.204 e. The maximum absolute atomic E-state index is 12.6. The van der Waals surface area contributed by atoms with Gasteiger partial charge < -0.3 is 14.9 Å². The Morgan fingerprint density at radius 3 is 2.30 bits per heavy atom. The second-order valence-corrected chi connectivity index (χ2v) is 8.80. The van der Waals surface area contributed by atoms with Crippen molar-refractivity contribution >= 4 is 11.6 Å². The number of aliphatic hydroxyl groups is 2. The van der Waals surface area contributed by atoms with Gasteiger partial charge >= 0.3 is 0 Å².